The van der Waals surface area contributed by atoms with Gasteiger partial charge >= 0.3 is 0 Å². The fourth-order valence-corrected chi connectivity index (χ4v) is 0. The number of hydrogen-bond donors (Lipinski definition) is 0. The molecular formula is C5H8O2. The van der Waals surface area contributed by atoms with Gasteiger partial charge in [0.05, 0.1) is 0 Å². The lowest BCUT2D eigenvalue weighted by Crippen LogP contribution is -1.69. The number of rotatable bonds is 0. The molecule has 0 radical (unpaired) electrons. The maximum atomic E-state index is 9.44. The predicted molar refractivity (Wildman–Crippen MR) is 27.7 cm³/mol. The molecule has 0 aromatic heterocycles. The van der Waals surface area contributed by atoms with E-state index in [0.29, 0.717) is 0 Å². The summed E-state index contributed by atoms with van der Waals surface area (Å²) in [6.07, 6.45) is 0. The van der Waals surface area contributed by atoms with E-state index in [1.807, 2.05) is 0 Å². The highest BCUT2D eigenvalue weighted by atomic mass is 16.1. The van der Waals surface area contributed by atoms with Crippen LogP contribution >= 0.6 is 0 Å². The molecule has 0 fully saturated rings. The van der Waals surface area contributed by atoms with Gasteiger partial charge in [-0.3, -0.25) is 0 Å². The lowest BCUT2D eigenvalue weighted by atomic mass is 10.6. The average molecular weight is 100 g/mol. The highest BCUT2D eigenvalue weighted by molar-refractivity contribution is 5.72. The van der Waals surface area contributed by atoms with Crippen molar-refractivity contribution in [1.82, 2.24) is 0 Å². The monoisotopic (exact) mass is 100 g/mol. The molecule has 0 rings (SSSR count). The van der Waals surface area contributed by atoms with E-state index in [2.05, 4.69) is 6.58 Å². The lowest BCUT2D eigenvalue weighted by molar-refractivity contribution is -0.114. The molecule has 2 heteroatoms. The van der Waals surface area contributed by atoms with Crippen molar-refractivity contribution in [3.8, 4) is 0 Å². The summed E-state index contributed by atoms with van der Waals surface area (Å²) in [6, 6.07) is 0. The van der Waals surface area contributed by atoms with E-state index < -0.39 is 0 Å². The van der Waals surface area contributed by atoms with Crippen LogP contribution in [0.4, 0.5) is 0 Å². The van der Waals surface area contributed by atoms with Gasteiger partial charge in [0.15, 0.2) is 0 Å². The summed E-state index contributed by atoms with van der Waals surface area (Å²) >= 11 is 0. The van der Waals surface area contributed by atoms with Crippen LogP contribution in [0.3, 0.4) is 0 Å². The summed E-state index contributed by atoms with van der Waals surface area (Å²) in [4.78, 5) is 18.0. The smallest absolute Gasteiger partial charge is 0.126 e. The zero-order chi connectivity index (χ0) is 6.28. The molecule has 0 spiro atoms. The highest BCUT2D eigenvalue weighted by Gasteiger charge is 1.62. The van der Waals surface area contributed by atoms with E-state index in [1.165, 1.54) is 19.8 Å². The van der Waals surface area contributed by atoms with E-state index >= 15 is 0 Å². The van der Waals surface area contributed by atoms with Gasteiger partial charge in [0.25, 0.3) is 0 Å². The number of carbonyl (C=O) groups excluding carboxylic acids is 2. The van der Waals surface area contributed by atoms with E-state index in [-0.39, 0.29) is 5.78 Å². The molecule has 2 nitrogen and oxygen atoms in total. The number of carbonyl (C=O) groups is 1. The second-order valence-electron chi connectivity index (χ2n) is 1.05. The summed E-state index contributed by atoms with van der Waals surface area (Å²) in [5.74, 6) is 1.42. The van der Waals surface area contributed by atoms with Gasteiger partial charge in [-0.25, -0.2) is 4.79 Å². The molecule has 0 heterocycles. The van der Waals surface area contributed by atoms with Crippen molar-refractivity contribution in [1.29, 1.82) is 0 Å². The molecule has 0 aromatic carbocycles. The second kappa shape index (κ2) is 8.93. The third kappa shape index (κ3) is 64.4. The first-order valence-corrected chi connectivity index (χ1v) is 1.76. The van der Waals surface area contributed by atoms with Crippen LogP contribution in [0.1, 0.15) is 13.8 Å². The van der Waals surface area contributed by atoms with E-state index in [1.54, 1.807) is 0 Å². The molecule has 0 amide bonds. The maximum absolute atomic E-state index is 9.44. The minimum atomic E-state index is 0.167. The van der Waals surface area contributed by atoms with Crippen molar-refractivity contribution in [3.05, 3.63) is 6.58 Å². The summed E-state index contributed by atoms with van der Waals surface area (Å²) in [5.41, 5.74) is 0. The minimum absolute atomic E-state index is 0.167. The largest absolute Gasteiger partial charge is 0.300 e. The predicted octanol–water partition coefficient (Wildman–Crippen LogP) is 0.599. The van der Waals surface area contributed by atoms with Gasteiger partial charge in [0.2, 0.25) is 0 Å². The van der Waals surface area contributed by atoms with E-state index in [9.17, 15) is 4.79 Å². The van der Waals surface area contributed by atoms with Crippen molar-refractivity contribution >= 4 is 11.7 Å². The van der Waals surface area contributed by atoms with E-state index in [0.717, 1.165) is 0 Å². The van der Waals surface area contributed by atoms with Crippen LogP contribution in [0.25, 0.3) is 0 Å². The van der Waals surface area contributed by atoms with Gasteiger partial charge in [-0.05, 0) is 20.4 Å². The standard InChI is InChI=1S/C3H6O.C2H2O/c1-3(2)4;1-2-3/h1-2H3;1H2. The SMILES string of the molecule is C=C=O.CC(C)=O. The molecule has 0 aliphatic heterocycles. The van der Waals surface area contributed by atoms with Gasteiger partial charge in [-0.15, -0.1) is 0 Å². The quantitative estimate of drug-likeness (QED) is 0.418. The van der Waals surface area contributed by atoms with Crippen molar-refractivity contribution in [2.45, 2.75) is 13.8 Å². The Hall–Kier alpha value is -0.880. The molecular weight excluding hydrogens is 92.1 g/mol. The zero-order valence-corrected chi connectivity index (χ0v) is 4.52. The van der Waals surface area contributed by atoms with Gasteiger partial charge < -0.3 is 4.79 Å². The zero-order valence-electron chi connectivity index (χ0n) is 4.52. The van der Waals surface area contributed by atoms with Crippen LogP contribution in [-0.2, 0) is 9.59 Å². The summed E-state index contributed by atoms with van der Waals surface area (Å²) in [5, 5.41) is 0. The van der Waals surface area contributed by atoms with Crippen LogP contribution in [0.5, 0.6) is 0 Å². The summed E-state index contributed by atoms with van der Waals surface area (Å²) in [7, 11) is 0. The molecule has 0 aromatic rings. The highest BCUT2D eigenvalue weighted by Crippen LogP contribution is 1.50. The second-order valence-corrected chi connectivity index (χ2v) is 1.05. The molecule has 7 heavy (non-hydrogen) atoms. The Balaban J connectivity index is 0. The fraction of sp³-hybridized carbons (Fsp3) is 0.400. The molecule has 0 bridgehead atoms. The fourth-order valence-electron chi connectivity index (χ4n) is 0. The lowest BCUT2D eigenvalue weighted by Gasteiger charge is -1.56. The maximum Gasteiger partial charge on any atom is 0.126 e. The van der Waals surface area contributed by atoms with Crippen molar-refractivity contribution in [3.63, 3.8) is 0 Å². The molecule has 0 atom stereocenters. The first-order valence-electron chi connectivity index (χ1n) is 1.76. The van der Waals surface area contributed by atoms with Gasteiger partial charge in [-0.2, -0.15) is 0 Å². The Morgan fingerprint density at radius 3 is 1.57 bits per heavy atom. The van der Waals surface area contributed by atoms with Gasteiger partial charge in [0.1, 0.15) is 11.7 Å². The number of ketones is 1. The summed E-state index contributed by atoms with van der Waals surface area (Å²) in [6.45, 7) is 5.74. The first-order chi connectivity index (χ1) is 3.15. The Bertz CT molecular complexity index is 74.1. The molecule has 40 valence electrons. The Morgan fingerprint density at radius 2 is 1.57 bits per heavy atom. The average Bonchev–Trinajstić information content (AvgIpc) is 1.33. The van der Waals surface area contributed by atoms with Crippen LogP contribution in [-0.4, -0.2) is 11.7 Å². The number of Topliss-reactive ketones (excluding diaryl/α,β-unsaturated/α-hetero) is 1. The van der Waals surface area contributed by atoms with Crippen molar-refractivity contribution < 1.29 is 9.59 Å². The Morgan fingerprint density at radius 1 is 1.57 bits per heavy atom. The first kappa shape index (κ1) is 9.45. The molecule has 0 saturated heterocycles. The van der Waals surface area contributed by atoms with E-state index in [4.69, 9.17) is 4.79 Å². The normalized spacial score (nSPS) is 4.86. The molecule has 0 aliphatic carbocycles. The van der Waals surface area contributed by atoms with Gasteiger partial charge in [-0.1, -0.05) is 0 Å². The van der Waals surface area contributed by atoms with Gasteiger partial charge in [0, 0.05) is 0 Å². The minimum Gasteiger partial charge on any atom is -0.300 e. The van der Waals surface area contributed by atoms with Crippen molar-refractivity contribution in [2.24, 2.45) is 0 Å². The van der Waals surface area contributed by atoms with Crippen LogP contribution in [0.2, 0.25) is 0 Å². The summed E-state index contributed by atoms with van der Waals surface area (Å²) < 4.78 is 0. The Kier molecular flexibility index (Phi) is 12.1. The third-order valence-corrected chi connectivity index (χ3v) is 0. The molecule has 0 aliphatic rings. The third-order valence-electron chi connectivity index (χ3n) is 0. The topological polar surface area (TPSA) is 34.1 Å². The number of hydrogen-bond acceptors (Lipinski definition) is 2. The van der Waals surface area contributed by atoms with Crippen molar-refractivity contribution in [2.75, 3.05) is 0 Å². The molecule has 0 N–H and O–H groups in total. The Labute approximate surface area is 42.8 Å². The van der Waals surface area contributed by atoms with Crippen LogP contribution in [0.15, 0.2) is 6.58 Å². The molecule has 0 unspecified atom stereocenters. The van der Waals surface area contributed by atoms with Crippen LogP contribution in [0, 0.1) is 0 Å². The molecule has 0 saturated carbocycles. The van der Waals surface area contributed by atoms with Crippen LogP contribution < -0.4 is 0 Å².